The smallest absolute Gasteiger partial charge is 0.227 e. The molecule has 45 heavy (non-hydrogen) atoms. The van der Waals surface area contributed by atoms with Crippen LogP contribution in [0.5, 0.6) is 0 Å². The van der Waals surface area contributed by atoms with Crippen molar-refractivity contribution in [2.45, 2.75) is 0 Å². The van der Waals surface area contributed by atoms with Crippen LogP contribution in [0, 0.1) is 0 Å². The third kappa shape index (κ3) is 4.11. The third-order valence-corrected chi connectivity index (χ3v) is 8.58. The molecule has 0 amide bonds. The highest BCUT2D eigenvalue weighted by molar-refractivity contribution is 6.17. The Bertz CT molecular complexity index is 2480. The number of para-hydroxylation sites is 3. The summed E-state index contributed by atoms with van der Waals surface area (Å²) < 4.78 is 8.82. The summed E-state index contributed by atoms with van der Waals surface area (Å²) in [6, 6.07) is 57.3. The summed E-state index contributed by atoms with van der Waals surface area (Å²) in [7, 11) is 0. The van der Waals surface area contributed by atoms with Gasteiger partial charge in [0.05, 0.1) is 16.7 Å². The van der Waals surface area contributed by atoms with E-state index in [4.69, 9.17) is 9.40 Å². The third-order valence-electron chi connectivity index (χ3n) is 8.58. The summed E-state index contributed by atoms with van der Waals surface area (Å²) in [5, 5.41) is 4.54. The highest BCUT2D eigenvalue weighted by Crippen LogP contribution is 2.44. The van der Waals surface area contributed by atoms with Gasteiger partial charge in [0.15, 0.2) is 5.58 Å². The predicted molar refractivity (Wildman–Crippen MR) is 186 cm³/mol. The van der Waals surface area contributed by atoms with E-state index >= 15 is 0 Å². The molecule has 212 valence electrons. The number of hydrogen-bond donors (Lipinski definition) is 0. The Morgan fingerprint density at radius 3 is 2.04 bits per heavy atom. The number of anilines is 3. The Morgan fingerprint density at radius 2 is 1.22 bits per heavy atom. The number of hydrogen-bond acceptors (Lipinski definition) is 3. The van der Waals surface area contributed by atoms with Gasteiger partial charge in [0, 0.05) is 38.8 Å². The average molecular weight is 578 g/mol. The molecule has 0 aliphatic carbocycles. The maximum absolute atomic E-state index is 6.46. The number of nitrogens with zero attached hydrogens (tertiary/aromatic N) is 3. The first-order valence-electron chi connectivity index (χ1n) is 15.1. The molecule has 0 atom stereocenters. The molecule has 2 aromatic heterocycles. The first-order valence-corrected chi connectivity index (χ1v) is 15.1. The lowest BCUT2D eigenvalue weighted by Crippen LogP contribution is -2.10. The van der Waals surface area contributed by atoms with Crippen LogP contribution in [-0.4, -0.2) is 9.55 Å². The molecule has 0 bridgehead atoms. The molecule has 0 saturated heterocycles. The van der Waals surface area contributed by atoms with E-state index < -0.39 is 0 Å². The molecule has 9 rings (SSSR count). The van der Waals surface area contributed by atoms with E-state index in [1.165, 1.54) is 16.3 Å². The summed E-state index contributed by atoms with van der Waals surface area (Å²) in [4.78, 5) is 7.21. The fourth-order valence-corrected chi connectivity index (χ4v) is 6.58. The number of aromatic nitrogens is 2. The molecule has 4 heteroatoms. The van der Waals surface area contributed by atoms with Gasteiger partial charge in [-0.05, 0) is 78.2 Å². The average Bonchev–Trinajstić information content (AvgIpc) is 3.70. The van der Waals surface area contributed by atoms with E-state index in [1.807, 2.05) is 36.4 Å². The normalized spacial score (nSPS) is 11.6. The van der Waals surface area contributed by atoms with Gasteiger partial charge in [0.1, 0.15) is 5.52 Å². The van der Waals surface area contributed by atoms with Gasteiger partial charge in [0.25, 0.3) is 0 Å². The van der Waals surface area contributed by atoms with Crippen LogP contribution in [0.3, 0.4) is 0 Å². The molecule has 0 radical (unpaired) electrons. The van der Waals surface area contributed by atoms with Gasteiger partial charge in [-0.1, -0.05) is 91.0 Å². The predicted octanol–water partition coefficient (Wildman–Crippen LogP) is 11.2. The summed E-state index contributed by atoms with van der Waals surface area (Å²) >= 11 is 0. The highest BCUT2D eigenvalue weighted by Gasteiger charge is 2.21. The molecule has 9 aromatic rings. The fourth-order valence-electron chi connectivity index (χ4n) is 6.58. The van der Waals surface area contributed by atoms with Crippen LogP contribution in [0.1, 0.15) is 0 Å². The number of fused-ring (bicyclic) bond motifs is 6. The van der Waals surface area contributed by atoms with Gasteiger partial charge in [-0.25, -0.2) is 4.98 Å². The Kier molecular flexibility index (Phi) is 5.78. The lowest BCUT2D eigenvalue weighted by atomic mass is 10.1. The molecular weight excluding hydrogens is 550 g/mol. The van der Waals surface area contributed by atoms with Crippen LogP contribution in [-0.2, 0) is 0 Å². The van der Waals surface area contributed by atoms with Crippen LogP contribution < -0.4 is 4.90 Å². The number of benzene rings is 7. The summed E-state index contributed by atoms with van der Waals surface area (Å²) in [6.07, 6.45) is 0. The zero-order valence-electron chi connectivity index (χ0n) is 24.3. The molecule has 0 N–H and O–H groups in total. The fraction of sp³-hybridized carbons (Fsp3) is 0. The van der Waals surface area contributed by atoms with E-state index in [0.717, 1.165) is 55.7 Å². The lowest BCUT2D eigenvalue weighted by molar-refractivity contribution is 0.623. The molecule has 0 saturated carbocycles. The first kappa shape index (κ1) is 25.4. The minimum Gasteiger partial charge on any atom is -0.435 e. The zero-order chi connectivity index (χ0) is 29.7. The second-order valence-corrected chi connectivity index (χ2v) is 11.2. The Hall–Kier alpha value is -6.13. The summed E-state index contributed by atoms with van der Waals surface area (Å²) in [6.45, 7) is 0. The van der Waals surface area contributed by atoms with Crippen molar-refractivity contribution in [1.29, 1.82) is 0 Å². The van der Waals surface area contributed by atoms with E-state index in [9.17, 15) is 0 Å². The van der Waals surface area contributed by atoms with Gasteiger partial charge in [0.2, 0.25) is 5.89 Å². The van der Waals surface area contributed by atoms with Gasteiger partial charge in [-0.15, -0.1) is 0 Å². The molecule has 4 nitrogen and oxygen atoms in total. The van der Waals surface area contributed by atoms with E-state index in [-0.39, 0.29) is 0 Å². The van der Waals surface area contributed by atoms with Crippen LogP contribution in [0.4, 0.5) is 17.1 Å². The largest absolute Gasteiger partial charge is 0.435 e. The Labute approximate surface area is 260 Å². The molecule has 0 fully saturated rings. The molecule has 2 heterocycles. The first-order chi connectivity index (χ1) is 22.3. The summed E-state index contributed by atoms with van der Waals surface area (Å²) in [5.74, 6) is 0.627. The van der Waals surface area contributed by atoms with Crippen molar-refractivity contribution in [2.24, 2.45) is 0 Å². The van der Waals surface area contributed by atoms with Crippen molar-refractivity contribution in [3.8, 4) is 17.1 Å². The molecular formula is C41H27N3O. The van der Waals surface area contributed by atoms with Crippen molar-refractivity contribution < 1.29 is 4.42 Å². The van der Waals surface area contributed by atoms with Gasteiger partial charge in [-0.2, -0.15) is 0 Å². The molecule has 0 unspecified atom stereocenters. The van der Waals surface area contributed by atoms with Crippen LogP contribution in [0.15, 0.2) is 168 Å². The topological polar surface area (TPSA) is 34.2 Å². The highest BCUT2D eigenvalue weighted by atomic mass is 16.3. The van der Waals surface area contributed by atoms with Crippen LogP contribution in [0.2, 0.25) is 0 Å². The van der Waals surface area contributed by atoms with Gasteiger partial charge >= 0.3 is 0 Å². The van der Waals surface area contributed by atoms with Crippen molar-refractivity contribution in [2.75, 3.05) is 4.90 Å². The molecule has 0 aliphatic rings. The molecule has 0 aliphatic heterocycles. The van der Waals surface area contributed by atoms with E-state index in [0.29, 0.717) is 5.89 Å². The van der Waals surface area contributed by atoms with E-state index in [1.54, 1.807) is 0 Å². The molecule has 7 aromatic carbocycles. The van der Waals surface area contributed by atoms with Crippen molar-refractivity contribution in [3.63, 3.8) is 0 Å². The van der Waals surface area contributed by atoms with Crippen molar-refractivity contribution >= 4 is 60.7 Å². The maximum atomic E-state index is 6.46. The van der Waals surface area contributed by atoms with Crippen molar-refractivity contribution in [3.05, 3.63) is 164 Å². The minimum atomic E-state index is 0.627. The number of rotatable bonds is 5. The lowest BCUT2D eigenvalue weighted by Gasteiger charge is -2.27. The quantitative estimate of drug-likeness (QED) is 0.204. The zero-order valence-corrected chi connectivity index (χ0v) is 24.3. The SMILES string of the molecule is c1ccc(-c2nc3ccc4ccc(N(c5ccccc5)c5cccc6c5c5ccccc5n6-c5ccccc5)cc4c3o2)cc1. The van der Waals surface area contributed by atoms with Gasteiger partial charge in [-0.3, -0.25) is 0 Å². The minimum absolute atomic E-state index is 0.627. The standard InChI is InChI=1S/C41H27N3O/c1-4-13-29(14-5-1)41-42-35-26-24-28-23-25-32(27-34(28)40(35)45-41)43(30-15-6-2-7-16-30)37-21-12-22-38-39(37)33-19-10-11-20-36(33)44(38)31-17-8-3-9-18-31/h1-27H. The Morgan fingerprint density at radius 1 is 0.533 bits per heavy atom. The van der Waals surface area contributed by atoms with Crippen molar-refractivity contribution in [1.82, 2.24) is 9.55 Å². The van der Waals surface area contributed by atoms with Gasteiger partial charge < -0.3 is 13.9 Å². The van der Waals surface area contributed by atoms with Crippen LogP contribution >= 0.6 is 0 Å². The Balaban J connectivity index is 1.31. The van der Waals surface area contributed by atoms with Crippen LogP contribution in [0.25, 0.3) is 60.8 Å². The molecule has 0 spiro atoms. The summed E-state index contributed by atoms with van der Waals surface area (Å²) in [5.41, 5.74) is 9.31. The van der Waals surface area contributed by atoms with E-state index in [2.05, 4.69) is 137 Å². The maximum Gasteiger partial charge on any atom is 0.227 e. The number of oxazole rings is 1. The monoisotopic (exact) mass is 577 g/mol. The second kappa shape index (κ2) is 10.2. The second-order valence-electron chi connectivity index (χ2n) is 11.2.